The maximum Gasteiger partial charge on any atom is 0.407 e. The maximum absolute atomic E-state index is 12.4. The van der Waals surface area contributed by atoms with Crippen molar-refractivity contribution in [3.63, 3.8) is 0 Å². The Morgan fingerprint density at radius 1 is 0.941 bits per heavy atom. The van der Waals surface area contributed by atoms with Crippen molar-refractivity contribution in [1.29, 1.82) is 0 Å². The minimum absolute atomic E-state index is 0.00479. The number of amides is 2. The lowest BCUT2D eigenvalue weighted by atomic mass is 9.98. The summed E-state index contributed by atoms with van der Waals surface area (Å²) in [5.41, 5.74) is 4.68. The normalized spacial score (nSPS) is 14.1. The van der Waals surface area contributed by atoms with Crippen LogP contribution in [0.3, 0.4) is 0 Å². The van der Waals surface area contributed by atoms with Gasteiger partial charge < -0.3 is 20.5 Å². The van der Waals surface area contributed by atoms with Crippen LogP contribution in [0.25, 0.3) is 11.1 Å². The molecule has 7 heteroatoms. The fourth-order valence-electron chi connectivity index (χ4n) is 4.44. The molecule has 1 aliphatic carbocycles. The molecule has 0 aliphatic heterocycles. The van der Waals surface area contributed by atoms with Gasteiger partial charge >= 0.3 is 12.1 Å². The second-order valence-electron chi connectivity index (χ2n) is 9.35. The van der Waals surface area contributed by atoms with Crippen LogP contribution in [-0.2, 0) is 14.3 Å². The summed E-state index contributed by atoms with van der Waals surface area (Å²) in [5.74, 6) is -1.14. The number of hydrogen-bond acceptors (Lipinski definition) is 4. The van der Waals surface area contributed by atoms with Crippen LogP contribution in [-0.4, -0.2) is 41.8 Å². The first kappa shape index (κ1) is 25.3. The van der Waals surface area contributed by atoms with Gasteiger partial charge in [-0.25, -0.2) is 9.59 Å². The summed E-state index contributed by atoms with van der Waals surface area (Å²) in [4.78, 5) is 35.8. The molecule has 0 heterocycles. The van der Waals surface area contributed by atoms with Crippen molar-refractivity contribution in [2.45, 2.75) is 64.5 Å². The Morgan fingerprint density at radius 2 is 1.53 bits per heavy atom. The van der Waals surface area contributed by atoms with Crippen LogP contribution in [0, 0.1) is 5.92 Å². The Kier molecular flexibility index (Phi) is 8.68. The molecule has 0 fully saturated rings. The zero-order chi connectivity index (χ0) is 24.7. The number of rotatable bonds is 11. The molecular formula is C27H34N2O5. The molecule has 0 saturated heterocycles. The van der Waals surface area contributed by atoms with Gasteiger partial charge in [0, 0.05) is 18.4 Å². The Labute approximate surface area is 200 Å². The number of carbonyl (C=O) groups excluding carboxylic acids is 2. The van der Waals surface area contributed by atoms with E-state index >= 15 is 0 Å². The number of ether oxygens (including phenoxy) is 1. The summed E-state index contributed by atoms with van der Waals surface area (Å²) in [6, 6.07) is 15.3. The smallest absolute Gasteiger partial charge is 0.407 e. The summed E-state index contributed by atoms with van der Waals surface area (Å²) in [6.07, 6.45) is 1.23. The zero-order valence-corrected chi connectivity index (χ0v) is 20.0. The highest BCUT2D eigenvalue weighted by atomic mass is 16.5. The highest BCUT2D eigenvalue weighted by Crippen LogP contribution is 2.44. The van der Waals surface area contributed by atoms with Crippen LogP contribution in [0.15, 0.2) is 48.5 Å². The van der Waals surface area contributed by atoms with E-state index in [0.29, 0.717) is 19.3 Å². The van der Waals surface area contributed by atoms with Gasteiger partial charge in [-0.05, 0) is 54.4 Å². The molecule has 182 valence electrons. The lowest BCUT2D eigenvalue weighted by Crippen LogP contribution is -2.41. The molecule has 0 aromatic heterocycles. The van der Waals surface area contributed by atoms with Crippen molar-refractivity contribution in [3.05, 3.63) is 59.7 Å². The number of alkyl carbamates (subject to hydrolysis) is 1. The largest absolute Gasteiger partial charge is 0.480 e. The average molecular weight is 467 g/mol. The minimum Gasteiger partial charge on any atom is -0.480 e. The van der Waals surface area contributed by atoms with Crippen molar-refractivity contribution in [1.82, 2.24) is 10.6 Å². The SMILES string of the molecule is CC(C)C[C@@H](NC(=O)CCCC(C)NC(=O)OCC1c2ccccc2-c2ccccc21)C(=O)O. The predicted molar refractivity (Wildman–Crippen MR) is 131 cm³/mol. The van der Waals surface area contributed by atoms with Gasteiger partial charge in [-0.15, -0.1) is 0 Å². The third kappa shape index (κ3) is 6.59. The van der Waals surface area contributed by atoms with Gasteiger partial charge in [0.05, 0.1) is 0 Å². The maximum atomic E-state index is 12.4. The van der Waals surface area contributed by atoms with E-state index in [1.165, 1.54) is 11.1 Å². The summed E-state index contributed by atoms with van der Waals surface area (Å²) < 4.78 is 5.56. The molecule has 3 N–H and O–H groups in total. The summed E-state index contributed by atoms with van der Waals surface area (Å²) in [5, 5.41) is 14.6. The van der Waals surface area contributed by atoms with Crippen LogP contribution < -0.4 is 10.6 Å². The van der Waals surface area contributed by atoms with Gasteiger partial charge in [0.15, 0.2) is 0 Å². The Morgan fingerprint density at radius 3 is 2.09 bits per heavy atom. The molecule has 1 unspecified atom stereocenters. The van der Waals surface area contributed by atoms with Crippen LogP contribution in [0.4, 0.5) is 4.79 Å². The molecule has 1 aliphatic rings. The number of carbonyl (C=O) groups is 3. The van der Waals surface area contributed by atoms with Crippen LogP contribution >= 0.6 is 0 Å². The fraction of sp³-hybridized carbons (Fsp3) is 0.444. The monoisotopic (exact) mass is 466 g/mol. The molecule has 0 radical (unpaired) electrons. The lowest BCUT2D eigenvalue weighted by molar-refractivity contribution is -0.142. The third-order valence-electron chi connectivity index (χ3n) is 6.09. The molecule has 2 amide bonds. The number of aliphatic carboxylic acids is 1. The quantitative estimate of drug-likeness (QED) is 0.445. The molecule has 0 bridgehead atoms. The van der Waals surface area contributed by atoms with Crippen molar-refractivity contribution in [2.24, 2.45) is 5.92 Å². The van der Waals surface area contributed by atoms with Gasteiger partial charge in [-0.1, -0.05) is 62.4 Å². The van der Waals surface area contributed by atoms with E-state index < -0.39 is 18.1 Å². The zero-order valence-electron chi connectivity index (χ0n) is 20.0. The number of fused-ring (bicyclic) bond motifs is 3. The molecular weight excluding hydrogens is 432 g/mol. The topological polar surface area (TPSA) is 105 Å². The first-order valence-corrected chi connectivity index (χ1v) is 11.9. The summed E-state index contributed by atoms with van der Waals surface area (Å²) >= 11 is 0. The van der Waals surface area contributed by atoms with Crippen molar-refractivity contribution in [2.75, 3.05) is 6.61 Å². The number of carboxylic acids is 1. The van der Waals surface area contributed by atoms with E-state index in [1.54, 1.807) is 0 Å². The van der Waals surface area contributed by atoms with Crippen LogP contribution in [0.2, 0.25) is 0 Å². The van der Waals surface area contributed by atoms with E-state index in [-0.39, 0.29) is 36.8 Å². The van der Waals surface area contributed by atoms with Crippen LogP contribution in [0.5, 0.6) is 0 Å². The van der Waals surface area contributed by atoms with Crippen molar-refractivity contribution in [3.8, 4) is 11.1 Å². The predicted octanol–water partition coefficient (Wildman–Crippen LogP) is 4.70. The highest BCUT2D eigenvalue weighted by molar-refractivity contribution is 5.83. The summed E-state index contributed by atoms with van der Waals surface area (Å²) in [6.45, 7) is 5.94. The minimum atomic E-state index is -1.02. The Balaban J connectivity index is 1.42. The second-order valence-corrected chi connectivity index (χ2v) is 9.35. The molecule has 3 rings (SSSR count). The number of carboxylic acid groups (broad SMARTS) is 1. The molecule has 0 spiro atoms. The first-order chi connectivity index (χ1) is 16.3. The van der Waals surface area contributed by atoms with Gasteiger partial charge in [0.2, 0.25) is 5.91 Å². The first-order valence-electron chi connectivity index (χ1n) is 11.9. The van der Waals surface area contributed by atoms with E-state index in [2.05, 4.69) is 34.9 Å². The standard InChI is InChI=1S/C27H34N2O5/c1-17(2)15-24(26(31)32)29-25(30)14-8-9-18(3)28-27(33)34-16-23-21-12-6-4-10-19(21)20-11-5-7-13-22(20)23/h4-7,10-13,17-18,23-24H,8-9,14-16H2,1-3H3,(H,28,33)(H,29,30)(H,31,32)/t18?,24-/m1/s1. The molecule has 2 atom stereocenters. The van der Waals surface area contributed by atoms with Crippen molar-refractivity contribution < 1.29 is 24.2 Å². The van der Waals surface area contributed by atoms with Gasteiger partial charge in [-0.3, -0.25) is 4.79 Å². The van der Waals surface area contributed by atoms with Gasteiger partial charge in [-0.2, -0.15) is 0 Å². The second kappa shape index (κ2) is 11.7. The van der Waals surface area contributed by atoms with E-state index in [0.717, 1.165) is 11.1 Å². The molecule has 7 nitrogen and oxygen atoms in total. The number of hydrogen-bond donors (Lipinski definition) is 3. The number of nitrogens with one attached hydrogen (secondary N) is 2. The van der Waals surface area contributed by atoms with Crippen molar-refractivity contribution >= 4 is 18.0 Å². The fourth-order valence-corrected chi connectivity index (χ4v) is 4.44. The third-order valence-corrected chi connectivity index (χ3v) is 6.09. The average Bonchev–Trinajstić information content (AvgIpc) is 3.10. The molecule has 34 heavy (non-hydrogen) atoms. The highest BCUT2D eigenvalue weighted by Gasteiger charge is 2.29. The summed E-state index contributed by atoms with van der Waals surface area (Å²) in [7, 11) is 0. The lowest BCUT2D eigenvalue weighted by Gasteiger charge is -2.18. The molecule has 0 saturated carbocycles. The van der Waals surface area contributed by atoms with Gasteiger partial charge in [0.1, 0.15) is 12.6 Å². The van der Waals surface area contributed by atoms with Gasteiger partial charge in [0.25, 0.3) is 0 Å². The van der Waals surface area contributed by atoms with E-state index in [9.17, 15) is 19.5 Å². The molecule has 2 aromatic rings. The Bertz CT molecular complexity index is 974. The van der Waals surface area contributed by atoms with E-state index in [1.807, 2.05) is 45.0 Å². The van der Waals surface area contributed by atoms with Crippen LogP contribution in [0.1, 0.15) is 63.5 Å². The number of benzene rings is 2. The Hall–Kier alpha value is -3.35. The molecule has 2 aromatic carbocycles. The van der Waals surface area contributed by atoms with E-state index in [4.69, 9.17) is 4.74 Å².